The Bertz CT molecular complexity index is 766. The Balaban J connectivity index is 0.00000261. The van der Waals surface area contributed by atoms with E-state index in [9.17, 15) is 0 Å². The molecule has 0 radical (unpaired) electrons. The lowest BCUT2D eigenvalue weighted by molar-refractivity contribution is 0.295. The lowest BCUT2D eigenvalue weighted by Crippen LogP contribution is -2.23. The van der Waals surface area contributed by atoms with Gasteiger partial charge < -0.3 is 14.8 Å². The number of ether oxygens (including phenoxy) is 2. The molecule has 3 rings (SSSR count). The molecule has 3 aromatic rings. The summed E-state index contributed by atoms with van der Waals surface area (Å²) >= 11 is 0. The third kappa shape index (κ3) is 6.97. The van der Waals surface area contributed by atoms with Crippen LogP contribution in [0.1, 0.15) is 6.42 Å². The van der Waals surface area contributed by atoms with Gasteiger partial charge in [-0.2, -0.15) is 0 Å². The molecule has 1 N–H and O–H groups in total. The third-order valence-corrected chi connectivity index (χ3v) is 4.02. The number of hydrogen-bond acceptors (Lipinski definition) is 3. The minimum absolute atomic E-state index is 0. The third-order valence-electron chi connectivity index (χ3n) is 4.02. The molecular weight excluding hydrogens is 358 g/mol. The molecule has 0 saturated heterocycles. The number of hydrogen-bond donors (Lipinski definition) is 1. The van der Waals surface area contributed by atoms with E-state index in [2.05, 4.69) is 23.5 Å². The van der Waals surface area contributed by atoms with Gasteiger partial charge in [-0.3, -0.25) is 0 Å². The first-order valence-electron chi connectivity index (χ1n) is 9.09. The minimum Gasteiger partial charge on any atom is -0.494 e. The summed E-state index contributed by atoms with van der Waals surface area (Å²) in [4.78, 5) is 0. The van der Waals surface area contributed by atoms with Crippen LogP contribution >= 0.6 is 12.4 Å². The molecule has 3 nitrogen and oxygen atoms in total. The number of nitrogens with one attached hydrogen (secondary N) is 1. The Hall–Kier alpha value is -2.49. The molecule has 0 aliphatic heterocycles. The highest BCUT2D eigenvalue weighted by atomic mass is 35.5. The quantitative estimate of drug-likeness (QED) is 0.487. The van der Waals surface area contributed by atoms with Crippen LogP contribution in [0.15, 0.2) is 84.9 Å². The van der Waals surface area contributed by atoms with Crippen molar-refractivity contribution in [2.45, 2.75) is 6.42 Å². The van der Waals surface area contributed by atoms with Gasteiger partial charge in [0.25, 0.3) is 0 Å². The normalized spacial score (nSPS) is 10.1. The van der Waals surface area contributed by atoms with Crippen LogP contribution in [0.4, 0.5) is 0 Å². The van der Waals surface area contributed by atoms with E-state index >= 15 is 0 Å². The molecule has 0 aliphatic carbocycles. The van der Waals surface area contributed by atoms with Crippen LogP contribution in [0.2, 0.25) is 0 Å². The lowest BCUT2D eigenvalue weighted by atomic mass is 10.1. The van der Waals surface area contributed by atoms with Gasteiger partial charge in [0, 0.05) is 12.1 Å². The first kappa shape index (κ1) is 20.8. The zero-order valence-corrected chi connectivity index (χ0v) is 16.2. The Kier molecular flexibility index (Phi) is 9.25. The van der Waals surface area contributed by atoms with Gasteiger partial charge in [0.1, 0.15) is 18.1 Å². The van der Waals surface area contributed by atoms with E-state index in [1.807, 2.05) is 66.7 Å². The summed E-state index contributed by atoms with van der Waals surface area (Å²) in [6.45, 7) is 3.09. The molecule has 0 atom stereocenters. The largest absolute Gasteiger partial charge is 0.494 e. The molecule has 0 bridgehead atoms. The molecule has 27 heavy (non-hydrogen) atoms. The fourth-order valence-corrected chi connectivity index (χ4v) is 2.71. The number of benzene rings is 3. The van der Waals surface area contributed by atoms with Crippen molar-refractivity contribution in [3.8, 4) is 22.6 Å². The van der Waals surface area contributed by atoms with E-state index in [-0.39, 0.29) is 12.4 Å². The number of halogens is 1. The van der Waals surface area contributed by atoms with Crippen molar-refractivity contribution in [1.29, 1.82) is 0 Å². The highest BCUT2D eigenvalue weighted by Gasteiger charge is 2.04. The van der Waals surface area contributed by atoms with Crippen LogP contribution in [0.25, 0.3) is 11.1 Å². The van der Waals surface area contributed by atoms with E-state index in [4.69, 9.17) is 9.47 Å². The second-order valence-electron chi connectivity index (χ2n) is 5.98. The van der Waals surface area contributed by atoms with Gasteiger partial charge in [-0.1, -0.05) is 66.7 Å². The topological polar surface area (TPSA) is 30.5 Å². The molecule has 0 aliphatic rings. The van der Waals surface area contributed by atoms with Crippen LogP contribution in [-0.4, -0.2) is 26.3 Å². The molecule has 0 unspecified atom stereocenters. The standard InChI is InChI=1S/C23H25NO2.ClH/c1-3-10-20(11-4-1)22-14-7-8-15-23(22)26-19-17-24-16-9-18-25-21-12-5-2-6-13-21;/h1-8,10-15,24H,9,16-19H2;1H. The summed E-state index contributed by atoms with van der Waals surface area (Å²) < 4.78 is 11.6. The average molecular weight is 384 g/mol. The second-order valence-corrected chi connectivity index (χ2v) is 5.98. The Morgan fingerprint density at radius 1 is 0.630 bits per heavy atom. The van der Waals surface area contributed by atoms with Crippen LogP contribution < -0.4 is 14.8 Å². The highest BCUT2D eigenvalue weighted by Crippen LogP contribution is 2.29. The van der Waals surface area contributed by atoms with Crippen molar-refractivity contribution >= 4 is 12.4 Å². The SMILES string of the molecule is Cl.c1ccc(OCCCNCCOc2ccccc2-c2ccccc2)cc1. The van der Waals surface area contributed by atoms with Crippen molar-refractivity contribution in [3.63, 3.8) is 0 Å². The molecule has 0 aromatic heterocycles. The first-order valence-corrected chi connectivity index (χ1v) is 9.09. The van der Waals surface area contributed by atoms with Gasteiger partial charge >= 0.3 is 0 Å². The van der Waals surface area contributed by atoms with E-state index < -0.39 is 0 Å². The second kappa shape index (κ2) is 12.0. The number of para-hydroxylation sites is 2. The maximum absolute atomic E-state index is 5.97. The Morgan fingerprint density at radius 3 is 2.07 bits per heavy atom. The Morgan fingerprint density at radius 2 is 1.30 bits per heavy atom. The molecule has 0 amide bonds. The van der Waals surface area contributed by atoms with Gasteiger partial charge in [-0.05, 0) is 36.7 Å². The van der Waals surface area contributed by atoms with Crippen LogP contribution in [-0.2, 0) is 0 Å². The molecule has 0 heterocycles. The monoisotopic (exact) mass is 383 g/mol. The van der Waals surface area contributed by atoms with Gasteiger partial charge in [0.2, 0.25) is 0 Å². The van der Waals surface area contributed by atoms with E-state index in [0.29, 0.717) is 13.2 Å². The first-order chi connectivity index (χ1) is 12.9. The Labute approximate surface area is 167 Å². The van der Waals surface area contributed by atoms with Crippen molar-refractivity contribution in [1.82, 2.24) is 5.32 Å². The van der Waals surface area contributed by atoms with Crippen molar-refractivity contribution < 1.29 is 9.47 Å². The molecule has 0 fully saturated rings. The molecular formula is C23H26ClNO2. The van der Waals surface area contributed by atoms with Gasteiger partial charge in [0.15, 0.2) is 0 Å². The molecule has 0 spiro atoms. The fourth-order valence-electron chi connectivity index (χ4n) is 2.71. The molecule has 0 saturated carbocycles. The van der Waals surface area contributed by atoms with Crippen LogP contribution in [0.5, 0.6) is 11.5 Å². The summed E-state index contributed by atoms with van der Waals surface area (Å²) in [6, 6.07) is 28.4. The summed E-state index contributed by atoms with van der Waals surface area (Å²) in [5.74, 6) is 1.85. The van der Waals surface area contributed by atoms with Gasteiger partial charge in [0.05, 0.1) is 6.61 Å². The summed E-state index contributed by atoms with van der Waals surface area (Å²) in [6.07, 6.45) is 0.968. The minimum atomic E-state index is 0. The maximum atomic E-state index is 5.97. The predicted octanol–water partition coefficient (Wildman–Crippen LogP) is 5.21. The zero-order valence-electron chi connectivity index (χ0n) is 15.3. The van der Waals surface area contributed by atoms with Gasteiger partial charge in [-0.15, -0.1) is 12.4 Å². The maximum Gasteiger partial charge on any atom is 0.127 e. The average Bonchev–Trinajstić information content (AvgIpc) is 2.72. The lowest BCUT2D eigenvalue weighted by Gasteiger charge is -2.12. The van der Waals surface area contributed by atoms with E-state index in [1.165, 1.54) is 5.56 Å². The molecule has 3 aromatic carbocycles. The fraction of sp³-hybridized carbons (Fsp3) is 0.217. The van der Waals surface area contributed by atoms with Crippen LogP contribution in [0.3, 0.4) is 0 Å². The smallest absolute Gasteiger partial charge is 0.127 e. The number of rotatable bonds is 10. The summed E-state index contributed by atoms with van der Waals surface area (Å²) in [5.41, 5.74) is 2.30. The van der Waals surface area contributed by atoms with Gasteiger partial charge in [-0.25, -0.2) is 0 Å². The van der Waals surface area contributed by atoms with Crippen molar-refractivity contribution in [2.75, 3.05) is 26.3 Å². The zero-order chi connectivity index (χ0) is 17.9. The van der Waals surface area contributed by atoms with Crippen molar-refractivity contribution in [3.05, 3.63) is 84.9 Å². The van der Waals surface area contributed by atoms with E-state index in [1.54, 1.807) is 0 Å². The highest BCUT2D eigenvalue weighted by molar-refractivity contribution is 5.85. The van der Waals surface area contributed by atoms with E-state index in [0.717, 1.165) is 36.6 Å². The predicted molar refractivity (Wildman–Crippen MR) is 114 cm³/mol. The van der Waals surface area contributed by atoms with Crippen LogP contribution in [0, 0.1) is 0 Å². The molecule has 4 heteroatoms. The molecule has 142 valence electrons. The summed E-state index contributed by atoms with van der Waals surface area (Å²) in [7, 11) is 0. The summed E-state index contributed by atoms with van der Waals surface area (Å²) in [5, 5.41) is 3.40. The van der Waals surface area contributed by atoms with Crippen molar-refractivity contribution in [2.24, 2.45) is 0 Å².